The number of hydrazone groups is 1. The first-order valence-corrected chi connectivity index (χ1v) is 12.6. The highest BCUT2D eigenvalue weighted by atomic mass is 32.2. The molecule has 0 bridgehead atoms. The van der Waals surface area contributed by atoms with Crippen LogP contribution in [0.25, 0.3) is 0 Å². The maximum atomic E-state index is 12.8. The Kier molecular flexibility index (Phi) is 6.86. The number of amides is 2. The molecule has 0 saturated carbocycles. The molecule has 2 atom stereocenters. The number of aliphatic imine (C=N–C) groups is 1. The van der Waals surface area contributed by atoms with Crippen LogP contribution in [-0.4, -0.2) is 40.1 Å². The van der Waals surface area contributed by atoms with Crippen molar-refractivity contribution in [1.82, 2.24) is 5.01 Å². The van der Waals surface area contributed by atoms with E-state index in [0.29, 0.717) is 17.3 Å². The zero-order valence-corrected chi connectivity index (χ0v) is 20.9. The fourth-order valence-electron chi connectivity index (χ4n) is 4.29. The summed E-state index contributed by atoms with van der Waals surface area (Å²) in [6, 6.07) is 25.3. The lowest BCUT2D eigenvalue weighted by Crippen LogP contribution is -2.25. The Labute approximate surface area is 214 Å². The lowest BCUT2D eigenvalue weighted by atomic mass is 9.98. The quantitative estimate of drug-likeness (QED) is 0.506. The molecule has 2 heterocycles. The van der Waals surface area contributed by atoms with Crippen molar-refractivity contribution < 1.29 is 14.3 Å². The number of anilines is 1. The van der Waals surface area contributed by atoms with Crippen molar-refractivity contribution in [2.75, 3.05) is 12.4 Å². The molecule has 5 rings (SSSR count). The Morgan fingerprint density at radius 1 is 1.08 bits per heavy atom. The number of carbonyl (C=O) groups excluding carboxylic acids is 2. The van der Waals surface area contributed by atoms with Crippen molar-refractivity contribution in [2.24, 2.45) is 10.1 Å². The summed E-state index contributed by atoms with van der Waals surface area (Å²) in [5.41, 5.74) is 4.75. The van der Waals surface area contributed by atoms with Gasteiger partial charge >= 0.3 is 0 Å². The highest BCUT2D eigenvalue weighted by Crippen LogP contribution is 2.38. The van der Waals surface area contributed by atoms with E-state index in [0.717, 1.165) is 28.2 Å². The van der Waals surface area contributed by atoms with Crippen LogP contribution in [-0.2, 0) is 9.59 Å². The van der Waals surface area contributed by atoms with Crippen LogP contribution in [0.5, 0.6) is 5.75 Å². The van der Waals surface area contributed by atoms with Gasteiger partial charge in [-0.2, -0.15) is 10.1 Å². The van der Waals surface area contributed by atoms with E-state index in [4.69, 9.17) is 9.84 Å². The highest BCUT2D eigenvalue weighted by Gasteiger charge is 2.39. The second-order valence-electron chi connectivity index (χ2n) is 8.71. The van der Waals surface area contributed by atoms with E-state index in [1.807, 2.05) is 78.7 Å². The molecule has 7 nitrogen and oxygen atoms in total. The van der Waals surface area contributed by atoms with E-state index in [1.165, 1.54) is 11.8 Å². The number of methoxy groups -OCH3 is 1. The Bertz CT molecular complexity index is 1340. The molecule has 0 radical (unpaired) electrons. The summed E-state index contributed by atoms with van der Waals surface area (Å²) in [4.78, 5) is 29.7. The summed E-state index contributed by atoms with van der Waals surface area (Å²) in [6.45, 7) is 1.96. The average molecular weight is 499 g/mol. The van der Waals surface area contributed by atoms with E-state index < -0.39 is 5.25 Å². The largest absolute Gasteiger partial charge is 0.497 e. The van der Waals surface area contributed by atoms with E-state index in [2.05, 4.69) is 22.4 Å². The van der Waals surface area contributed by atoms with Gasteiger partial charge in [-0.15, -0.1) is 0 Å². The van der Waals surface area contributed by atoms with Crippen molar-refractivity contribution >= 4 is 40.1 Å². The highest BCUT2D eigenvalue weighted by molar-refractivity contribution is 8.15. The molecule has 0 aliphatic carbocycles. The van der Waals surface area contributed by atoms with Gasteiger partial charge in [0.25, 0.3) is 5.91 Å². The Morgan fingerprint density at radius 2 is 1.86 bits per heavy atom. The average Bonchev–Trinajstić information content (AvgIpc) is 3.48. The summed E-state index contributed by atoms with van der Waals surface area (Å²) in [5, 5.41) is 9.53. The van der Waals surface area contributed by atoms with Crippen molar-refractivity contribution in [3.63, 3.8) is 0 Å². The molecule has 3 aromatic rings. The molecule has 8 heteroatoms. The van der Waals surface area contributed by atoms with Gasteiger partial charge in [0, 0.05) is 18.5 Å². The van der Waals surface area contributed by atoms with Crippen LogP contribution in [0.4, 0.5) is 5.69 Å². The van der Waals surface area contributed by atoms with Gasteiger partial charge in [-0.25, -0.2) is 5.01 Å². The van der Waals surface area contributed by atoms with Crippen molar-refractivity contribution in [3.05, 3.63) is 95.6 Å². The van der Waals surface area contributed by atoms with Crippen LogP contribution in [0.15, 0.2) is 89.0 Å². The lowest BCUT2D eigenvalue weighted by molar-refractivity contribution is -0.121. The predicted octanol–water partition coefficient (Wildman–Crippen LogP) is 5.18. The number of thioether (sulfide) groups is 1. The van der Waals surface area contributed by atoms with Crippen LogP contribution in [0.1, 0.15) is 35.6 Å². The third kappa shape index (κ3) is 5.18. The summed E-state index contributed by atoms with van der Waals surface area (Å²) in [6.07, 6.45) is 0.714. The summed E-state index contributed by atoms with van der Waals surface area (Å²) >= 11 is 1.30. The van der Waals surface area contributed by atoms with E-state index in [9.17, 15) is 9.59 Å². The lowest BCUT2D eigenvalue weighted by Gasteiger charge is -2.23. The maximum Gasteiger partial charge on any atom is 0.262 e. The molecule has 36 heavy (non-hydrogen) atoms. The molecule has 182 valence electrons. The van der Waals surface area contributed by atoms with Gasteiger partial charge < -0.3 is 10.1 Å². The normalized spacial score (nSPS) is 19.2. The van der Waals surface area contributed by atoms with Crippen LogP contribution in [0, 0.1) is 6.92 Å². The topological polar surface area (TPSA) is 83.4 Å². The second kappa shape index (κ2) is 10.4. The Balaban J connectivity index is 1.34. The molecule has 3 aromatic carbocycles. The zero-order chi connectivity index (χ0) is 25.1. The van der Waals surface area contributed by atoms with Gasteiger partial charge in [-0.3, -0.25) is 9.59 Å². The fourth-order valence-corrected chi connectivity index (χ4v) is 5.35. The molecular weight excluding hydrogens is 472 g/mol. The molecular formula is C28H26N4O3S. The number of rotatable bonds is 6. The zero-order valence-electron chi connectivity index (χ0n) is 20.0. The SMILES string of the molecule is COc1ccc(C2=NN(C3=NC(=O)[C@H](CC(=O)Nc4cccc(C)c4)S3)[C@H](c3ccccc3)C2)cc1. The monoisotopic (exact) mass is 498 g/mol. The first kappa shape index (κ1) is 23.8. The van der Waals surface area contributed by atoms with Crippen LogP contribution in [0.2, 0.25) is 0 Å². The molecule has 1 N–H and O–H groups in total. The van der Waals surface area contributed by atoms with E-state index in [-0.39, 0.29) is 24.3 Å². The summed E-state index contributed by atoms with van der Waals surface area (Å²) in [5.74, 6) is 0.252. The minimum atomic E-state index is -0.582. The van der Waals surface area contributed by atoms with E-state index in [1.54, 1.807) is 7.11 Å². The van der Waals surface area contributed by atoms with Gasteiger partial charge in [0.05, 0.1) is 18.9 Å². The number of nitrogens with zero attached hydrogens (tertiary/aromatic N) is 3. The van der Waals surface area contributed by atoms with Crippen LogP contribution in [0.3, 0.4) is 0 Å². The molecule has 0 unspecified atom stereocenters. The Morgan fingerprint density at radius 3 is 2.58 bits per heavy atom. The maximum absolute atomic E-state index is 12.8. The van der Waals surface area contributed by atoms with Gasteiger partial charge in [-0.1, -0.05) is 54.2 Å². The number of hydrogen-bond donors (Lipinski definition) is 1. The first-order chi connectivity index (χ1) is 17.5. The molecule has 0 fully saturated rings. The van der Waals surface area contributed by atoms with Crippen molar-refractivity contribution in [1.29, 1.82) is 0 Å². The molecule has 0 spiro atoms. The number of aryl methyl sites for hydroxylation is 1. The molecule has 0 aromatic heterocycles. The van der Waals surface area contributed by atoms with Crippen molar-refractivity contribution in [2.45, 2.75) is 31.1 Å². The van der Waals surface area contributed by atoms with Crippen LogP contribution >= 0.6 is 11.8 Å². The minimum Gasteiger partial charge on any atom is -0.497 e. The molecule has 2 aliphatic heterocycles. The van der Waals surface area contributed by atoms with Gasteiger partial charge in [-0.05, 0) is 60.0 Å². The van der Waals surface area contributed by atoms with Gasteiger partial charge in [0.1, 0.15) is 11.0 Å². The molecule has 2 amide bonds. The number of hydrogen-bond acceptors (Lipinski definition) is 6. The number of nitrogens with one attached hydrogen (secondary N) is 1. The van der Waals surface area contributed by atoms with Crippen molar-refractivity contribution in [3.8, 4) is 5.75 Å². The number of carbonyl (C=O) groups is 2. The summed E-state index contributed by atoms with van der Waals surface area (Å²) in [7, 11) is 1.64. The number of ether oxygens (including phenoxy) is 1. The minimum absolute atomic E-state index is 0.0450. The van der Waals surface area contributed by atoms with Crippen LogP contribution < -0.4 is 10.1 Å². The molecule has 2 aliphatic rings. The fraction of sp³-hybridized carbons (Fsp3) is 0.214. The van der Waals surface area contributed by atoms with E-state index >= 15 is 0 Å². The number of amidine groups is 1. The smallest absolute Gasteiger partial charge is 0.262 e. The summed E-state index contributed by atoms with van der Waals surface area (Å²) < 4.78 is 5.28. The third-order valence-corrected chi connectivity index (χ3v) is 7.26. The first-order valence-electron chi connectivity index (χ1n) is 11.7. The van der Waals surface area contributed by atoms with Gasteiger partial charge in [0.2, 0.25) is 5.91 Å². The Hall–Kier alpha value is -3.91. The third-order valence-electron chi connectivity index (χ3n) is 6.12. The predicted molar refractivity (Wildman–Crippen MR) is 143 cm³/mol. The number of benzene rings is 3. The second-order valence-corrected chi connectivity index (χ2v) is 9.88. The van der Waals surface area contributed by atoms with Gasteiger partial charge in [0.15, 0.2) is 5.17 Å². The molecule has 0 saturated heterocycles. The standard InChI is InChI=1S/C28H26N4O3S/c1-18-7-6-10-21(15-18)29-26(33)17-25-27(34)30-28(36-25)32-24(20-8-4-3-5-9-20)16-23(31-32)19-11-13-22(35-2)14-12-19/h3-15,24-25H,16-17H2,1-2H3,(H,29,33)/t24-,25-/m0/s1.